The Bertz CT molecular complexity index is 1320. The lowest BCUT2D eigenvalue weighted by atomic mass is 9.94. The molecule has 2 aromatic carbocycles. The van der Waals surface area contributed by atoms with Crippen LogP contribution in [0, 0.1) is 25.7 Å². The van der Waals surface area contributed by atoms with E-state index in [-0.39, 0.29) is 5.92 Å². The number of ketones is 1. The Morgan fingerprint density at radius 2 is 1.89 bits per heavy atom. The summed E-state index contributed by atoms with van der Waals surface area (Å²) in [6.45, 7) is 6.92. The molecule has 0 radical (unpaired) electrons. The van der Waals surface area contributed by atoms with Gasteiger partial charge in [-0.2, -0.15) is 0 Å². The highest BCUT2D eigenvalue weighted by Crippen LogP contribution is 2.61. The number of pyridine rings is 1. The van der Waals surface area contributed by atoms with Crippen LogP contribution in [0.5, 0.6) is 11.6 Å². The minimum absolute atomic E-state index is 0.205. The number of rotatable bonds is 9. The van der Waals surface area contributed by atoms with Crippen LogP contribution in [-0.2, 0) is 17.8 Å². The first-order valence-corrected chi connectivity index (χ1v) is 13.0. The van der Waals surface area contributed by atoms with Crippen LogP contribution < -0.4 is 9.47 Å². The largest absolute Gasteiger partial charge is 0.493 e. The molecular weight excluding hydrogens is 450 g/mol. The van der Waals surface area contributed by atoms with Gasteiger partial charge < -0.3 is 14.6 Å². The van der Waals surface area contributed by atoms with Crippen molar-refractivity contribution >= 4 is 5.78 Å². The molecule has 5 heteroatoms. The Morgan fingerprint density at radius 1 is 1.11 bits per heavy atom. The van der Waals surface area contributed by atoms with E-state index in [1.165, 1.54) is 16.7 Å². The average Bonchev–Trinajstić information content (AvgIpc) is 3.72. The summed E-state index contributed by atoms with van der Waals surface area (Å²) < 4.78 is 12.0. The number of carbonyl (C=O) groups is 1. The third-order valence-corrected chi connectivity index (χ3v) is 8.22. The fourth-order valence-electron chi connectivity index (χ4n) is 6.09. The molecule has 36 heavy (non-hydrogen) atoms. The zero-order valence-corrected chi connectivity index (χ0v) is 21.2. The second kappa shape index (κ2) is 8.74. The van der Waals surface area contributed by atoms with Crippen LogP contribution in [0.25, 0.3) is 11.1 Å². The highest BCUT2D eigenvalue weighted by atomic mass is 16.5. The predicted octanol–water partition coefficient (Wildman–Crippen LogP) is 5.71. The van der Waals surface area contributed by atoms with Gasteiger partial charge in [0.05, 0.1) is 12.2 Å². The van der Waals surface area contributed by atoms with E-state index >= 15 is 0 Å². The summed E-state index contributed by atoms with van der Waals surface area (Å²) in [6.07, 6.45) is 5.33. The van der Waals surface area contributed by atoms with E-state index in [1.807, 2.05) is 6.20 Å². The smallest absolute Gasteiger partial charge is 0.213 e. The third-order valence-electron chi connectivity index (χ3n) is 8.22. The number of aliphatic hydroxyl groups is 1. The highest BCUT2D eigenvalue weighted by Gasteiger charge is 2.58. The predicted molar refractivity (Wildman–Crippen MR) is 138 cm³/mol. The molecule has 0 saturated heterocycles. The van der Waals surface area contributed by atoms with Crippen molar-refractivity contribution < 1.29 is 19.4 Å². The van der Waals surface area contributed by atoms with Crippen molar-refractivity contribution in [3.05, 3.63) is 76.5 Å². The van der Waals surface area contributed by atoms with Crippen LogP contribution in [0.3, 0.4) is 0 Å². The minimum Gasteiger partial charge on any atom is -0.493 e. The van der Waals surface area contributed by atoms with Crippen molar-refractivity contribution in [2.75, 3.05) is 6.61 Å². The molecule has 0 aliphatic heterocycles. The molecule has 1 N–H and O–H groups in total. The number of hydrogen-bond acceptors (Lipinski definition) is 5. The van der Waals surface area contributed by atoms with E-state index in [9.17, 15) is 9.90 Å². The maximum Gasteiger partial charge on any atom is 0.213 e. The Morgan fingerprint density at radius 3 is 2.61 bits per heavy atom. The third kappa shape index (κ3) is 4.41. The van der Waals surface area contributed by atoms with Crippen molar-refractivity contribution in [2.24, 2.45) is 11.8 Å². The summed E-state index contributed by atoms with van der Waals surface area (Å²) in [5, 5.41) is 10.0. The standard InChI is InChI=1S/C31H33NO4/c1-18-11-24(35-10-9-31(34)7-8-31)12-19(2)28(18)22-6-4-5-21(13-22)17-36-27-15-23-14-25-29(20(3)33)30(25)26(23)16-32-27/h4-6,11-13,15-16,25,29-30,34H,7-10,14,17H2,1-3H3. The van der Waals surface area contributed by atoms with Crippen LogP contribution in [0.1, 0.15) is 59.9 Å². The summed E-state index contributed by atoms with van der Waals surface area (Å²) >= 11 is 0. The van der Waals surface area contributed by atoms with Gasteiger partial charge in [-0.1, -0.05) is 18.2 Å². The molecule has 3 aliphatic carbocycles. The number of nitrogens with zero attached hydrogens (tertiary/aromatic N) is 1. The number of carbonyl (C=O) groups excluding carboxylic acids is 1. The summed E-state index contributed by atoms with van der Waals surface area (Å²) in [5.74, 6) is 2.85. The summed E-state index contributed by atoms with van der Waals surface area (Å²) in [4.78, 5) is 16.3. The van der Waals surface area contributed by atoms with Gasteiger partial charge in [-0.15, -0.1) is 0 Å². The topological polar surface area (TPSA) is 68.7 Å². The van der Waals surface area contributed by atoms with Gasteiger partial charge in [-0.05, 0) is 109 Å². The fourth-order valence-corrected chi connectivity index (χ4v) is 6.09. The number of Topliss-reactive ketones (excluding diaryl/α,β-unsaturated/α-hetero) is 1. The Kier molecular flexibility index (Phi) is 5.64. The molecule has 0 bridgehead atoms. The minimum atomic E-state index is -0.485. The lowest BCUT2D eigenvalue weighted by molar-refractivity contribution is -0.118. The highest BCUT2D eigenvalue weighted by molar-refractivity contribution is 5.84. The van der Waals surface area contributed by atoms with E-state index in [2.05, 4.69) is 61.3 Å². The molecule has 1 aromatic heterocycles. The maximum absolute atomic E-state index is 11.8. The van der Waals surface area contributed by atoms with Crippen LogP contribution in [-0.4, -0.2) is 28.1 Å². The molecule has 2 saturated carbocycles. The molecule has 1 heterocycles. The first-order valence-electron chi connectivity index (χ1n) is 13.0. The van der Waals surface area contributed by atoms with Crippen molar-refractivity contribution in [2.45, 2.75) is 64.6 Å². The summed E-state index contributed by atoms with van der Waals surface area (Å²) in [5.41, 5.74) is 7.80. The number of aromatic nitrogens is 1. The van der Waals surface area contributed by atoms with E-state index in [1.54, 1.807) is 6.92 Å². The maximum atomic E-state index is 11.8. The zero-order chi connectivity index (χ0) is 25.0. The van der Waals surface area contributed by atoms with Gasteiger partial charge in [0, 0.05) is 24.6 Å². The van der Waals surface area contributed by atoms with Gasteiger partial charge in [0.1, 0.15) is 18.1 Å². The van der Waals surface area contributed by atoms with E-state index < -0.39 is 5.60 Å². The lowest BCUT2D eigenvalue weighted by Gasteiger charge is -2.16. The molecule has 0 amide bonds. The van der Waals surface area contributed by atoms with Gasteiger partial charge in [0.15, 0.2) is 0 Å². The molecular formula is C31H33NO4. The van der Waals surface area contributed by atoms with E-state index in [4.69, 9.17) is 9.47 Å². The number of aryl methyl sites for hydroxylation is 2. The van der Waals surface area contributed by atoms with Crippen LogP contribution in [0.4, 0.5) is 0 Å². The van der Waals surface area contributed by atoms with E-state index in [0.717, 1.165) is 47.3 Å². The van der Waals surface area contributed by atoms with Crippen molar-refractivity contribution in [1.29, 1.82) is 0 Å². The van der Waals surface area contributed by atoms with Gasteiger partial charge in [-0.25, -0.2) is 4.98 Å². The Hall–Kier alpha value is -3.18. The van der Waals surface area contributed by atoms with Crippen LogP contribution in [0.15, 0.2) is 48.7 Å². The van der Waals surface area contributed by atoms with Crippen molar-refractivity contribution in [1.82, 2.24) is 4.98 Å². The molecule has 6 rings (SSSR count). The number of hydrogen-bond donors (Lipinski definition) is 1. The molecule has 2 fully saturated rings. The summed E-state index contributed by atoms with van der Waals surface area (Å²) in [7, 11) is 0. The molecule has 0 spiro atoms. The first kappa shape index (κ1) is 23.2. The summed E-state index contributed by atoms with van der Waals surface area (Å²) in [6, 6.07) is 14.7. The lowest BCUT2D eigenvalue weighted by Crippen LogP contribution is -2.12. The Balaban J connectivity index is 1.12. The van der Waals surface area contributed by atoms with Gasteiger partial charge in [0.25, 0.3) is 0 Å². The molecule has 186 valence electrons. The number of benzene rings is 2. The number of fused-ring (bicyclic) bond motifs is 3. The average molecular weight is 484 g/mol. The van der Waals surface area contributed by atoms with Gasteiger partial charge in [-0.3, -0.25) is 4.79 Å². The molecule has 3 aliphatic rings. The van der Waals surface area contributed by atoms with Crippen molar-refractivity contribution in [3.8, 4) is 22.8 Å². The zero-order valence-electron chi connectivity index (χ0n) is 21.2. The van der Waals surface area contributed by atoms with Gasteiger partial charge >= 0.3 is 0 Å². The van der Waals surface area contributed by atoms with Crippen LogP contribution >= 0.6 is 0 Å². The molecule has 3 aromatic rings. The van der Waals surface area contributed by atoms with Gasteiger partial charge in [0.2, 0.25) is 5.88 Å². The fraction of sp³-hybridized carbons (Fsp3) is 0.419. The van der Waals surface area contributed by atoms with E-state index in [0.29, 0.717) is 43.1 Å². The Labute approximate surface area is 212 Å². The number of ether oxygens (including phenoxy) is 2. The molecule has 3 unspecified atom stereocenters. The second-order valence-electron chi connectivity index (χ2n) is 11.0. The first-order chi connectivity index (χ1) is 17.3. The monoisotopic (exact) mass is 483 g/mol. The molecule has 3 atom stereocenters. The van der Waals surface area contributed by atoms with Crippen LogP contribution in [0.2, 0.25) is 0 Å². The molecule has 5 nitrogen and oxygen atoms in total. The van der Waals surface area contributed by atoms with Crippen molar-refractivity contribution in [3.63, 3.8) is 0 Å². The normalized spacial score (nSPS) is 22.5. The SMILES string of the molecule is CC(=O)C1C2Cc3cc(OCc4cccc(-c5c(C)cc(OCCC6(O)CC6)cc5C)c4)ncc3C21. The quantitative estimate of drug-likeness (QED) is 0.422. The second-order valence-corrected chi connectivity index (χ2v) is 11.0.